The van der Waals surface area contributed by atoms with Gasteiger partial charge < -0.3 is 11.5 Å². The van der Waals surface area contributed by atoms with E-state index in [-0.39, 0.29) is 5.54 Å². The fraction of sp³-hybridized carbons (Fsp3) is 0.600. The van der Waals surface area contributed by atoms with E-state index < -0.39 is 0 Å². The van der Waals surface area contributed by atoms with E-state index in [4.69, 9.17) is 11.5 Å². The van der Waals surface area contributed by atoms with Crippen LogP contribution in [0.3, 0.4) is 0 Å². The van der Waals surface area contributed by atoms with Crippen molar-refractivity contribution in [2.75, 3.05) is 0 Å². The summed E-state index contributed by atoms with van der Waals surface area (Å²) in [5.74, 6) is 1.35. The largest absolute Gasteiger partial charge is 0.328 e. The van der Waals surface area contributed by atoms with Crippen LogP contribution in [0.15, 0.2) is 28.7 Å². The van der Waals surface area contributed by atoms with Gasteiger partial charge in [-0.05, 0) is 61.6 Å². The summed E-state index contributed by atoms with van der Waals surface area (Å²) < 4.78 is 1.15. The fourth-order valence-electron chi connectivity index (χ4n) is 3.46. The Morgan fingerprint density at radius 3 is 2.33 bits per heavy atom. The zero-order chi connectivity index (χ0) is 12.8. The molecule has 0 aliphatic heterocycles. The van der Waals surface area contributed by atoms with Crippen molar-refractivity contribution in [2.45, 2.75) is 49.6 Å². The lowest BCUT2D eigenvalue weighted by Gasteiger charge is -2.36. The maximum atomic E-state index is 6.62. The van der Waals surface area contributed by atoms with Gasteiger partial charge in [0, 0.05) is 16.1 Å². The second kappa shape index (κ2) is 4.62. The average Bonchev–Trinajstić information content (AvgIpc) is 3.15. The Balaban J connectivity index is 1.68. The smallest absolute Gasteiger partial charge is 0.0190 e. The Morgan fingerprint density at radius 2 is 1.72 bits per heavy atom. The molecule has 3 heteroatoms. The van der Waals surface area contributed by atoms with E-state index >= 15 is 0 Å². The molecule has 2 saturated carbocycles. The van der Waals surface area contributed by atoms with Crippen molar-refractivity contribution >= 4 is 15.9 Å². The molecule has 0 spiro atoms. The Kier molecular flexibility index (Phi) is 3.25. The molecule has 3 rings (SSSR count). The summed E-state index contributed by atoms with van der Waals surface area (Å²) in [6.07, 6.45) is 5.66. The van der Waals surface area contributed by atoms with Crippen LogP contribution in [0, 0.1) is 5.92 Å². The Labute approximate surface area is 117 Å². The second-order valence-corrected chi connectivity index (χ2v) is 6.99. The van der Waals surface area contributed by atoms with Crippen molar-refractivity contribution in [3.63, 3.8) is 0 Å². The lowest BCUT2D eigenvalue weighted by Crippen LogP contribution is -2.48. The topological polar surface area (TPSA) is 52.0 Å². The Morgan fingerprint density at radius 1 is 1.11 bits per heavy atom. The molecule has 18 heavy (non-hydrogen) atoms. The lowest BCUT2D eigenvalue weighted by atomic mass is 9.76. The van der Waals surface area contributed by atoms with Crippen LogP contribution in [0.4, 0.5) is 0 Å². The van der Waals surface area contributed by atoms with Crippen LogP contribution in [-0.4, -0.2) is 11.6 Å². The van der Waals surface area contributed by atoms with Crippen molar-refractivity contribution in [2.24, 2.45) is 17.4 Å². The predicted octanol–water partition coefficient (Wildman–Crippen LogP) is 3.15. The minimum absolute atomic E-state index is 0.0492. The Hall–Kier alpha value is -0.380. The van der Waals surface area contributed by atoms with Gasteiger partial charge in [0.05, 0.1) is 0 Å². The third-order valence-electron chi connectivity index (χ3n) is 4.79. The molecule has 98 valence electrons. The molecule has 4 N–H and O–H groups in total. The van der Waals surface area contributed by atoms with Crippen molar-refractivity contribution in [1.29, 1.82) is 0 Å². The van der Waals surface area contributed by atoms with E-state index in [1.165, 1.54) is 12.0 Å². The number of rotatable bonds is 2. The van der Waals surface area contributed by atoms with Crippen LogP contribution in [0.25, 0.3) is 0 Å². The van der Waals surface area contributed by atoms with Gasteiger partial charge in [0.2, 0.25) is 0 Å². The molecule has 0 heterocycles. The van der Waals surface area contributed by atoms with Crippen LogP contribution in [0.2, 0.25) is 0 Å². The normalized spacial score (nSPS) is 39.6. The molecule has 0 aromatic heterocycles. The van der Waals surface area contributed by atoms with Gasteiger partial charge in [0.1, 0.15) is 0 Å². The molecule has 0 amide bonds. The van der Waals surface area contributed by atoms with Crippen LogP contribution in [0.5, 0.6) is 0 Å². The summed E-state index contributed by atoms with van der Waals surface area (Å²) in [5, 5.41) is 0. The molecule has 0 radical (unpaired) electrons. The number of hydrogen-bond donors (Lipinski definition) is 2. The number of nitrogens with two attached hydrogens (primary N) is 2. The monoisotopic (exact) mass is 308 g/mol. The first-order valence-electron chi connectivity index (χ1n) is 6.88. The van der Waals surface area contributed by atoms with E-state index in [0.29, 0.717) is 17.9 Å². The molecule has 2 atom stereocenters. The highest BCUT2D eigenvalue weighted by atomic mass is 79.9. The van der Waals surface area contributed by atoms with E-state index in [9.17, 15) is 0 Å². The van der Waals surface area contributed by atoms with Crippen molar-refractivity contribution < 1.29 is 0 Å². The fourth-order valence-corrected chi connectivity index (χ4v) is 3.72. The molecular formula is C15H21BrN2. The summed E-state index contributed by atoms with van der Waals surface area (Å²) >= 11 is 3.49. The molecule has 1 aromatic rings. The number of halogens is 1. The van der Waals surface area contributed by atoms with Gasteiger partial charge in [-0.1, -0.05) is 28.1 Å². The second-order valence-electron chi connectivity index (χ2n) is 6.07. The van der Waals surface area contributed by atoms with Gasteiger partial charge in [0.15, 0.2) is 0 Å². The van der Waals surface area contributed by atoms with E-state index in [1.54, 1.807) is 0 Å². The minimum Gasteiger partial charge on any atom is -0.328 e. The molecule has 0 saturated heterocycles. The van der Waals surface area contributed by atoms with Crippen LogP contribution in [0.1, 0.15) is 43.6 Å². The molecule has 2 nitrogen and oxygen atoms in total. The third-order valence-corrected chi connectivity index (χ3v) is 5.32. The maximum absolute atomic E-state index is 6.62. The molecule has 2 fully saturated rings. The molecule has 0 bridgehead atoms. The van der Waals surface area contributed by atoms with Gasteiger partial charge in [-0.2, -0.15) is 0 Å². The first kappa shape index (κ1) is 12.6. The third kappa shape index (κ3) is 2.36. The first-order valence-corrected chi connectivity index (χ1v) is 7.68. The zero-order valence-electron chi connectivity index (χ0n) is 10.6. The van der Waals surface area contributed by atoms with Gasteiger partial charge >= 0.3 is 0 Å². The highest BCUT2D eigenvalue weighted by Gasteiger charge is 2.51. The number of hydrogen-bond acceptors (Lipinski definition) is 2. The molecule has 2 aliphatic carbocycles. The average molecular weight is 309 g/mol. The molecule has 2 aliphatic rings. The summed E-state index contributed by atoms with van der Waals surface area (Å²) in [5.41, 5.74) is 14.1. The standard InChI is InChI=1S/C15H21BrN2/c16-11-3-1-10(2-4-11)13-9-14(13)15(18)7-5-12(17)6-8-15/h1-4,12-14H,5-9,17-18H2. The molecular weight excluding hydrogens is 288 g/mol. The summed E-state index contributed by atoms with van der Waals surface area (Å²) in [6.45, 7) is 0. The summed E-state index contributed by atoms with van der Waals surface area (Å²) in [6, 6.07) is 9.10. The van der Waals surface area contributed by atoms with Crippen LogP contribution in [-0.2, 0) is 0 Å². The minimum atomic E-state index is 0.0492. The maximum Gasteiger partial charge on any atom is 0.0190 e. The first-order chi connectivity index (χ1) is 8.58. The molecule has 1 aromatic carbocycles. The van der Waals surface area contributed by atoms with Crippen molar-refractivity contribution in [1.82, 2.24) is 0 Å². The lowest BCUT2D eigenvalue weighted by molar-refractivity contribution is 0.239. The van der Waals surface area contributed by atoms with Crippen LogP contribution < -0.4 is 11.5 Å². The van der Waals surface area contributed by atoms with E-state index in [1.807, 2.05) is 0 Å². The molecule has 2 unspecified atom stereocenters. The van der Waals surface area contributed by atoms with Gasteiger partial charge in [-0.25, -0.2) is 0 Å². The van der Waals surface area contributed by atoms with E-state index in [2.05, 4.69) is 40.2 Å². The predicted molar refractivity (Wildman–Crippen MR) is 78.4 cm³/mol. The highest BCUT2D eigenvalue weighted by Crippen LogP contribution is 2.56. The van der Waals surface area contributed by atoms with E-state index in [0.717, 1.165) is 30.2 Å². The SMILES string of the molecule is NC1CCC(N)(C2CC2c2ccc(Br)cc2)CC1. The number of benzene rings is 1. The summed E-state index contributed by atoms with van der Waals surface area (Å²) in [7, 11) is 0. The van der Waals surface area contributed by atoms with Gasteiger partial charge in [-0.15, -0.1) is 0 Å². The van der Waals surface area contributed by atoms with Gasteiger partial charge in [0.25, 0.3) is 0 Å². The Bertz CT molecular complexity index is 421. The zero-order valence-corrected chi connectivity index (χ0v) is 12.2. The van der Waals surface area contributed by atoms with Crippen LogP contribution >= 0.6 is 15.9 Å². The van der Waals surface area contributed by atoms with Crippen molar-refractivity contribution in [3.8, 4) is 0 Å². The van der Waals surface area contributed by atoms with Gasteiger partial charge in [-0.3, -0.25) is 0 Å². The highest BCUT2D eigenvalue weighted by molar-refractivity contribution is 9.10. The quantitative estimate of drug-likeness (QED) is 0.882. The van der Waals surface area contributed by atoms with Crippen molar-refractivity contribution in [3.05, 3.63) is 34.3 Å². The summed E-state index contributed by atoms with van der Waals surface area (Å²) in [4.78, 5) is 0.